The number of nitro groups is 1. The van der Waals surface area contributed by atoms with Crippen LogP contribution in [0.15, 0.2) is 60.8 Å². The van der Waals surface area contributed by atoms with Crippen molar-refractivity contribution in [2.75, 3.05) is 11.9 Å². The van der Waals surface area contributed by atoms with E-state index in [1.165, 1.54) is 12.1 Å². The molecule has 3 N–H and O–H groups in total. The molecule has 0 aliphatic carbocycles. The monoisotopic (exact) mass is 532 g/mol. The van der Waals surface area contributed by atoms with E-state index in [9.17, 15) is 24.4 Å². The Bertz CT molecular complexity index is 1510. The summed E-state index contributed by atoms with van der Waals surface area (Å²) in [6.45, 7) is 5.51. The molecule has 202 valence electrons. The third-order valence-corrected chi connectivity index (χ3v) is 6.94. The van der Waals surface area contributed by atoms with Crippen LogP contribution in [0.25, 0.3) is 0 Å². The molecule has 0 saturated carbocycles. The number of halogens is 1. The zero-order valence-electron chi connectivity index (χ0n) is 21.6. The van der Waals surface area contributed by atoms with Crippen LogP contribution >= 0.6 is 0 Å². The highest BCUT2D eigenvalue weighted by Gasteiger charge is 2.33. The van der Waals surface area contributed by atoms with Crippen LogP contribution in [0.4, 0.5) is 15.8 Å². The fourth-order valence-electron chi connectivity index (χ4n) is 5.18. The van der Waals surface area contributed by atoms with E-state index in [4.69, 9.17) is 0 Å². The number of aromatic amines is 1. The van der Waals surface area contributed by atoms with Gasteiger partial charge in [0, 0.05) is 54.4 Å². The van der Waals surface area contributed by atoms with Gasteiger partial charge in [-0.3, -0.25) is 24.5 Å². The molecule has 39 heavy (non-hydrogen) atoms. The van der Waals surface area contributed by atoms with Gasteiger partial charge in [0.25, 0.3) is 11.6 Å². The molecule has 1 unspecified atom stereocenters. The van der Waals surface area contributed by atoms with Crippen molar-refractivity contribution >= 4 is 17.3 Å². The molecule has 1 aliphatic rings. The number of aliphatic hydroxyl groups excluding tert-OH is 1. The van der Waals surface area contributed by atoms with Crippen molar-refractivity contribution < 1.29 is 19.2 Å². The first-order chi connectivity index (χ1) is 18.7. The number of rotatable bonds is 8. The maximum absolute atomic E-state index is 13.8. The van der Waals surface area contributed by atoms with Gasteiger partial charge in [-0.15, -0.1) is 0 Å². The van der Waals surface area contributed by atoms with Gasteiger partial charge in [0.05, 0.1) is 29.2 Å². The number of nitrogens with zero attached hydrogens (tertiary/aromatic N) is 4. The number of aliphatic hydroxyl groups is 1. The number of fused-ring (bicyclic) bond motifs is 1. The summed E-state index contributed by atoms with van der Waals surface area (Å²) in [6, 6.07) is 14.4. The standard InChI is InChI=1S/C28H29FN6O4/c1-17-13-33(15-23-7-4-10-30-23)16-24-26(28(37)31-22-6-3-5-19(11-22)18(2)36)32-34(27(17)24)14-20-8-9-21(29)12-25(20)35(38)39/h3-12,17-18,30,36H,13-16H2,1-2H3,(H,31,37)/t17?,18-/m0/s1. The van der Waals surface area contributed by atoms with E-state index in [0.717, 1.165) is 23.0 Å². The summed E-state index contributed by atoms with van der Waals surface area (Å²) in [5.41, 5.74) is 3.97. The molecule has 1 amide bonds. The van der Waals surface area contributed by atoms with Gasteiger partial charge >= 0.3 is 0 Å². The van der Waals surface area contributed by atoms with Crippen molar-refractivity contribution in [3.05, 3.63) is 110 Å². The highest BCUT2D eigenvalue weighted by Crippen LogP contribution is 2.33. The Morgan fingerprint density at radius 2 is 2.08 bits per heavy atom. The molecule has 0 saturated heterocycles. The Balaban J connectivity index is 1.52. The second kappa shape index (κ2) is 10.8. The third-order valence-electron chi connectivity index (χ3n) is 6.94. The SMILES string of the molecule is CC1CN(Cc2ccc[nH]2)Cc2c(C(=O)Nc3cccc([C@H](C)O)c3)nn(Cc3ccc(F)cc3[N+](=O)[O-])c21. The lowest BCUT2D eigenvalue weighted by molar-refractivity contribution is -0.385. The lowest BCUT2D eigenvalue weighted by atomic mass is 9.95. The Hall–Kier alpha value is -4.35. The van der Waals surface area contributed by atoms with E-state index in [1.54, 1.807) is 35.9 Å². The number of amides is 1. The summed E-state index contributed by atoms with van der Waals surface area (Å²) in [7, 11) is 0. The van der Waals surface area contributed by atoms with E-state index in [0.29, 0.717) is 36.4 Å². The summed E-state index contributed by atoms with van der Waals surface area (Å²) < 4.78 is 15.4. The third kappa shape index (κ3) is 5.59. The second-order valence-electron chi connectivity index (χ2n) is 9.92. The number of carbonyl (C=O) groups is 1. The van der Waals surface area contributed by atoms with E-state index in [-0.39, 0.29) is 23.8 Å². The van der Waals surface area contributed by atoms with Crippen LogP contribution in [0.5, 0.6) is 0 Å². The largest absolute Gasteiger partial charge is 0.389 e. The Kier molecular flexibility index (Phi) is 7.27. The van der Waals surface area contributed by atoms with Crippen LogP contribution in [0, 0.1) is 15.9 Å². The predicted octanol–water partition coefficient (Wildman–Crippen LogP) is 4.73. The number of nitro benzene ring substituents is 1. The number of H-pyrrole nitrogens is 1. The summed E-state index contributed by atoms with van der Waals surface area (Å²) >= 11 is 0. The first-order valence-corrected chi connectivity index (χ1v) is 12.7. The Morgan fingerprint density at radius 1 is 1.26 bits per heavy atom. The van der Waals surface area contributed by atoms with E-state index in [2.05, 4.69) is 20.3 Å². The van der Waals surface area contributed by atoms with Crippen LogP contribution in [-0.4, -0.2) is 42.1 Å². The van der Waals surface area contributed by atoms with Crippen LogP contribution in [-0.2, 0) is 19.6 Å². The minimum Gasteiger partial charge on any atom is -0.389 e. The number of benzene rings is 2. The van der Waals surface area contributed by atoms with Crippen LogP contribution < -0.4 is 5.32 Å². The smallest absolute Gasteiger partial charge is 0.277 e. The van der Waals surface area contributed by atoms with Crippen LogP contribution in [0.3, 0.4) is 0 Å². The number of nitrogens with one attached hydrogen (secondary N) is 2. The minimum absolute atomic E-state index is 0.0185. The lowest BCUT2D eigenvalue weighted by Gasteiger charge is -2.31. The van der Waals surface area contributed by atoms with Gasteiger partial charge in [-0.2, -0.15) is 5.10 Å². The molecular weight excluding hydrogens is 503 g/mol. The molecule has 5 rings (SSSR count). The number of hydrogen-bond donors (Lipinski definition) is 3. The van der Waals surface area contributed by atoms with E-state index < -0.39 is 22.8 Å². The Morgan fingerprint density at radius 3 is 2.79 bits per heavy atom. The molecule has 2 aromatic heterocycles. The summed E-state index contributed by atoms with van der Waals surface area (Å²) in [5, 5.41) is 29.1. The zero-order chi connectivity index (χ0) is 27.7. The molecule has 0 bridgehead atoms. The van der Waals surface area contributed by atoms with Crippen molar-refractivity contribution in [1.82, 2.24) is 19.7 Å². The van der Waals surface area contributed by atoms with E-state index >= 15 is 0 Å². The quantitative estimate of drug-likeness (QED) is 0.222. The van der Waals surface area contributed by atoms with Crippen LogP contribution in [0.2, 0.25) is 0 Å². The minimum atomic E-state index is -0.694. The van der Waals surface area contributed by atoms with Crippen molar-refractivity contribution in [1.29, 1.82) is 0 Å². The fraction of sp³-hybridized carbons (Fsp3) is 0.286. The maximum Gasteiger partial charge on any atom is 0.277 e. The molecule has 0 spiro atoms. The average molecular weight is 533 g/mol. The van der Waals surface area contributed by atoms with Gasteiger partial charge in [-0.25, -0.2) is 4.39 Å². The normalized spacial score (nSPS) is 16.1. The first kappa shape index (κ1) is 26.3. The highest BCUT2D eigenvalue weighted by atomic mass is 19.1. The Labute approximate surface area is 224 Å². The van der Waals surface area contributed by atoms with Gasteiger partial charge in [0.2, 0.25) is 0 Å². The number of hydrogen-bond acceptors (Lipinski definition) is 6. The van der Waals surface area contributed by atoms with Gasteiger partial charge in [0.1, 0.15) is 5.82 Å². The van der Waals surface area contributed by atoms with Crippen LogP contribution in [0.1, 0.15) is 64.4 Å². The van der Waals surface area contributed by atoms with Gasteiger partial charge in [-0.05, 0) is 48.9 Å². The summed E-state index contributed by atoms with van der Waals surface area (Å²) in [6.07, 6.45) is 1.17. The predicted molar refractivity (Wildman–Crippen MR) is 143 cm³/mol. The first-order valence-electron chi connectivity index (χ1n) is 12.7. The van der Waals surface area contributed by atoms with Crippen molar-refractivity contribution in [3.63, 3.8) is 0 Å². The maximum atomic E-state index is 13.8. The molecule has 3 heterocycles. The fourth-order valence-corrected chi connectivity index (χ4v) is 5.18. The number of aromatic nitrogens is 3. The molecule has 11 heteroatoms. The molecule has 10 nitrogen and oxygen atoms in total. The van der Waals surface area contributed by atoms with Gasteiger partial charge in [0.15, 0.2) is 5.69 Å². The molecule has 4 aromatic rings. The number of anilines is 1. The lowest BCUT2D eigenvalue weighted by Crippen LogP contribution is -2.34. The molecule has 2 aromatic carbocycles. The van der Waals surface area contributed by atoms with Crippen molar-refractivity contribution in [2.45, 2.75) is 45.5 Å². The highest BCUT2D eigenvalue weighted by molar-refractivity contribution is 6.04. The van der Waals surface area contributed by atoms with Crippen molar-refractivity contribution in [2.24, 2.45) is 0 Å². The van der Waals surface area contributed by atoms with E-state index in [1.807, 2.05) is 25.3 Å². The second-order valence-corrected chi connectivity index (χ2v) is 9.92. The summed E-state index contributed by atoms with van der Waals surface area (Å²) in [5.74, 6) is -1.15. The molecule has 1 aliphatic heterocycles. The molecule has 0 fully saturated rings. The van der Waals surface area contributed by atoms with Crippen molar-refractivity contribution in [3.8, 4) is 0 Å². The van der Waals surface area contributed by atoms with Gasteiger partial charge in [-0.1, -0.05) is 19.1 Å². The molecule has 0 radical (unpaired) electrons. The average Bonchev–Trinajstić information content (AvgIpc) is 3.53. The molecular formula is C28H29FN6O4. The van der Waals surface area contributed by atoms with Gasteiger partial charge < -0.3 is 15.4 Å². The topological polar surface area (TPSA) is 129 Å². The molecule has 2 atom stereocenters. The zero-order valence-corrected chi connectivity index (χ0v) is 21.6. The summed E-state index contributed by atoms with van der Waals surface area (Å²) in [4.78, 5) is 30.0. The number of carbonyl (C=O) groups excluding carboxylic acids is 1.